The minimum Gasteiger partial charge on any atom is -0.495 e. The molecule has 5 rings (SSSR count). The predicted molar refractivity (Wildman–Crippen MR) is 137 cm³/mol. The Hall–Kier alpha value is -2.66. The summed E-state index contributed by atoms with van der Waals surface area (Å²) in [7, 11) is 3.83. The number of aliphatic hydroxyl groups is 1. The second-order valence-electron chi connectivity index (χ2n) is 8.60. The van der Waals surface area contributed by atoms with Gasteiger partial charge in [-0.05, 0) is 25.6 Å². The summed E-state index contributed by atoms with van der Waals surface area (Å²) in [5, 5.41) is 16.3. The number of methoxy groups -OCH3 is 1. The molecule has 2 aromatic heterocycles. The molecule has 0 spiro atoms. The lowest BCUT2D eigenvalue weighted by atomic mass is 10.2. The maximum absolute atomic E-state index is 9.82. The first-order valence-corrected chi connectivity index (χ1v) is 12.6. The van der Waals surface area contributed by atoms with E-state index >= 15 is 0 Å². The van der Waals surface area contributed by atoms with Crippen LogP contribution in [0.4, 0.5) is 22.5 Å². The number of likely N-dealkylation sites (N-methyl/N-ethyl adjacent to an activating group) is 1. The fourth-order valence-corrected chi connectivity index (χ4v) is 5.27. The summed E-state index contributed by atoms with van der Waals surface area (Å²) in [4.78, 5) is 20.4. The second kappa shape index (κ2) is 9.91. The molecule has 0 radical (unpaired) electrons. The average molecular weight is 502 g/mol. The fourth-order valence-electron chi connectivity index (χ4n) is 4.23. The summed E-state index contributed by atoms with van der Waals surface area (Å²) in [5.74, 6) is 1.24. The number of aliphatic hydroxyl groups excluding tert-OH is 1. The van der Waals surface area contributed by atoms with Crippen molar-refractivity contribution >= 4 is 45.4 Å². The van der Waals surface area contributed by atoms with E-state index in [-0.39, 0.29) is 6.10 Å². The smallest absolute Gasteiger partial charge is 0.227 e. The third-order valence-corrected chi connectivity index (χ3v) is 7.37. The molecule has 3 aromatic rings. The molecule has 0 bridgehead atoms. The van der Waals surface area contributed by atoms with Crippen LogP contribution in [0.1, 0.15) is 6.42 Å². The van der Waals surface area contributed by atoms with Crippen molar-refractivity contribution in [3.05, 3.63) is 34.8 Å². The molecule has 2 fully saturated rings. The van der Waals surface area contributed by atoms with Gasteiger partial charge < -0.3 is 29.9 Å². The van der Waals surface area contributed by atoms with E-state index in [9.17, 15) is 5.11 Å². The minimum atomic E-state index is -0.301. The highest BCUT2D eigenvalue weighted by atomic mass is 35.5. The van der Waals surface area contributed by atoms with Gasteiger partial charge in [-0.15, -0.1) is 11.3 Å². The van der Waals surface area contributed by atoms with Crippen LogP contribution in [0.3, 0.4) is 0 Å². The zero-order valence-corrected chi connectivity index (χ0v) is 20.8. The van der Waals surface area contributed by atoms with Gasteiger partial charge in [-0.3, -0.25) is 0 Å². The van der Waals surface area contributed by atoms with Gasteiger partial charge in [0.05, 0.1) is 30.1 Å². The number of β-amino-alcohol motifs (C(OH)–C–C–N with tert-alkyl or cyclic N) is 1. The molecule has 1 aromatic carbocycles. The number of ether oxygens (including phenoxy) is 1. The lowest BCUT2D eigenvalue weighted by molar-refractivity contribution is 0.198. The van der Waals surface area contributed by atoms with Gasteiger partial charge in [0.15, 0.2) is 5.13 Å². The van der Waals surface area contributed by atoms with E-state index in [4.69, 9.17) is 21.3 Å². The first kappa shape index (κ1) is 23.1. The largest absolute Gasteiger partial charge is 0.495 e. The molecule has 2 aliphatic rings. The number of benzene rings is 1. The third-order valence-electron chi connectivity index (χ3n) is 6.19. The first-order chi connectivity index (χ1) is 16.5. The van der Waals surface area contributed by atoms with E-state index in [1.54, 1.807) is 13.3 Å². The van der Waals surface area contributed by atoms with E-state index < -0.39 is 0 Å². The van der Waals surface area contributed by atoms with Gasteiger partial charge in [-0.25, -0.2) is 15.0 Å². The molecule has 2 N–H and O–H groups in total. The van der Waals surface area contributed by atoms with Crippen LogP contribution in [0.15, 0.2) is 29.8 Å². The molecule has 9 nitrogen and oxygen atoms in total. The Kier molecular flexibility index (Phi) is 6.73. The number of hydrogen-bond donors (Lipinski definition) is 2. The highest BCUT2D eigenvalue weighted by Gasteiger charge is 2.24. The number of piperazine rings is 1. The van der Waals surface area contributed by atoms with Crippen molar-refractivity contribution in [1.82, 2.24) is 19.9 Å². The minimum absolute atomic E-state index is 0.301. The molecular formula is C23H28ClN7O2S. The number of rotatable bonds is 6. The van der Waals surface area contributed by atoms with Crippen LogP contribution in [0.25, 0.3) is 11.4 Å². The highest BCUT2D eigenvalue weighted by molar-refractivity contribution is 7.14. The molecule has 11 heteroatoms. The zero-order chi connectivity index (χ0) is 23.7. The van der Waals surface area contributed by atoms with Crippen LogP contribution in [0.2, 0.25) is 5.02 Å². The quantitative estimate of drug-likeness (QED) is 0.527. The Labute approximate surface area is 208 Å². The highest BCUT2D eigenvalue weighted by Crippen LogP contribution is 2.35. The maximum atomic E-state index is 9.82. The average Bonchev–Trinajstić information content (AvgIpc) is 3.50. The summed E-state index contributed by atoms with van der Waals surface area (Å²) < 4.78 is 5.69. The summed E-state index contributed by atoms with van der Waals surface area (Å²) in [5.41, 5.74) is 3.18. The van der Waals surface area contributed by atoms with Crippen molar-refractivity contribution < 1.29 is 9.84 Å². The van der Waals surface area contributed by atoms with Crippen molar-refractivity contribution in [2.75, 3.05) is 68.5 Å². The Morgan fingerprint density at radius 2 is 1.97 bits per heavy atom. The maximum Gasteiger partial charge on any atom is 0.227 e. The molecule has 2 saturated heterocycles. The van der Waals surface area contributed by atoms with Crippen molar-refractivity contribution in [1.29, 1.82) is 0 Å². The van der Waals surface area contributed by atoms with E-state index in [0.29, 0.717) is 28.9 Å². The molecule has 0 amide bonds. The van der Waals surface area contributed by atoms with Gasteiger partial charge >= 0.3 is 0 Å². The van der Waals surface area contributed by atoms with Gasteiger partial charge in [0.2, 0.25) is 5.95 Å². The van der Waals surface area contributed by atoms with Crippen LogP contribution in [0, 0.1) is 0 Å². The SMILES string of the molecule is COc1cc(Nc2ncc(Cl)c(-c3csc(N4CC[C@H](O)C4)n3)n2)ccc1N1CCN(C)CC1. The molecular weight excluding hydrogens is 474 g/mol. The van der Waals surface area contributed by atoms with Crippen molar-refractivity contribution in [2.45, 2.75) is 12.5 Å². The Morgan fingerprint density at radius 3 is 2.71 bits per heavy atom. The number of hydrogen-bond acceptors (Lipinski definition) is 10. The third kappa shape index (κ3) is 4.90. The van der Waals surface area contributed by atoms with Gasteiger partial charge in [-0.2, -0.15) is 0 Å². The number of thiazole rings is 1. The molecule has 4 heterocycles. The summed E-state index contributed by atoms with van der Waals surface area (Å²) in [6.45, 7) is 5.39. The summed E-state index contributed by atoms with van der Waals surface area (Å²) in [6, 6.07) is 6.04. The Morgan fingerprint density at radius 1 is 1.15 bits per heavy atom. The number of anilines is 4. The molecule has 0 saturated carbocycles. The molecule has 1 atom stereocenters. The number of halogens is 1. The van der Waals surface area contributed by atoms with Crippen LogP contribution < -0.4 is 19.9 Å². The van der Waals surface area contributed by atoms with E-state index in [2.05, 4.69) is 43.1 Å². The van der Waals surface area contributed by atoms with Gasteiger partial charge in [0.25, 0.3) is 0 Å². The second-order valence-corrected chi connectivity index (χ2v) is 9.84. The number of nitrogens with zero attached hydrogens (tertiary/aromatic N) is 6. The predicted octanol–water partition coefficient (Wildman–Crippen LogP) is 3.33. The topological polar surface area (TPSA) is 89.9 Å². The van der Waals surface area contributed by atoms with E-state index in [0.717, 1.165) is 61.4 Å². The lowest BCUT2D eigenvalue weighted by Crippen LogP contribution is -2.44. The molecule has 34 heavy (non-hydrogen) atoms. The van der Waals surface area contributed by atoms with Crippen LogP contribution in [-0.2, 0) is 0 Å². The fraction of sp³-hybridized carbons (Fsp3) is 0.435. The zero-order valence-electron chi connectivity index (χ0n) is 19.2. The van der Waals surface area contributed by atoms with Crippen LogP contribution in [-0.4, -0.2) is 84.5 Å². The van der Waals surface area contributed by atoms with E-state index in [1.807, 2.05) is 17.5 Å². The Bertz CT molecular complexity index is 1150. The molecule has 0 unspecified atom stereocenters. The van der Waals surface area contributed by atoms with Crippen LogP contribution in [0.5, 0.6) is 5.75 Å². The van der Waals surface area contributed by atoms with Crippen molar-refractivity contribution in [3.63, 3.8) is 0 Å². The number of aromatic nitrogens is 3. The molecule has 180 valence electrons. The summed E-state index contributed by atoms with van der Waals surface area (Å²) in [6.07, 6.45) is 2.04. The molecule has 0 aliphatic carbocycles. The van der Waals surface area contributed by atoms with Crippen molar-refractivity contribution in [2.24, 2.45) is 0 Å². The first-order valence-electron chi connectivity index (χ1n) is 11.3. The summed E-state index contributed by atoms with van der Waals surface area (Å²) >= 11 is 7.94. The van der Waals surface area contributed by atoms with Gasteiger partial charge in [-0.1, -0.05) is 11.6 Å². The van der Waals surface area contributed by atoms with Crippen LogP contribution >= 0.6 is 22.9 Å². The van der Waals surface area contributed by atoms with Gasteiger partial charge in [0.1, 0.15) is 17.1 Å². The molecule has 2 aliphatic heterocycles. The van der Waals surface area contributed by atoms with Crippen molar-refractivity contribution in [3.8, 4) is 17.1 Å². The van der Waals surface area contributed by atoms with Gasteiger partial charge in [0, 0.05) is 56.4 Å². The standard InChI is InChI=1S/C23H28ClN7O2S/c1-29-7-9-30(10-8-29)19-4-3-15(11-20(19)33-2)26-22-25-12-17(24)21(28-22)18-14-34-23(27-18)31-6-5-16(32)13-31/h3-4,11-12,14,16,32H,5-10,13H2,1-2H3,(H,25,26,28)/t16-/m0/s1. The number of nitrogens with one attached hydrogen (secondary N) is 1. The van der Waals surface area contributed by atoms with E-state index in [1.165, 1.54) is 11.3 Å². The normalized spacial score (nSPS) is 19.0. The lowest BCUT2D eigenvalue weighted by Gasteiger charge is -2.34. The monoisotopic (exact) mass is 501 g/mol. The Balaban J connectivity index is 1.34.